The molecule has 1 aromatic carbocycles. The molecule has 1 nitrogen and oxygen atoms in total. The molecule has 0 aliphatic heterocycles. The molecular weight excluding hydrogens is 292 g/mol. The van der Waals surface area contributed by atoms with Crippen molar-refractivity contribution in [3.63, 3.8) is 0 Å². The van der Waals surface area contributed by atoms with Gasteiger partial charge < -0.3 is 4.74 Å². The van der Waals surface area contributed by atoms with E-state index in [-0.39, 0.29) is 5.56 Å². The van der Waals surface area contributed by atoms with Gasteiger partial charge in [-0.3, -0.25) is 0 Å². The number of ether oxygens (including phenoxy) is 1. The van der Waals surface area contributed by atoms with Crippen molar-refractivity contribution >= 4 is 15.9 Å². The predicted octanol–water partition coefficient (Wildman–Crippen LogP) is 4.05. The van der Waals surface area contributed by atoms with E-state index in [0.717, 1.165) is 6.07 Å². The first-order valence-electron chi connectivity index (χ1n) is 4.53. The highest BCUT2D eigenvalue weighted by Gasteiger charge is 2.33. The smallest absolute Gasteiger partial charge is 0.402 e. The number of hydrogen-bond donors (Lipinski definition) is 0. The summed E-state index contributed by atoms with van der Waals surface area (Å²) in [5, 5.41) is 0.634. The average molecular weight is 301 g/mol. The van der Waals surface area contributed by atoms with Crippen LogP contribution < -0.4 is 4.74 Å². The van der Waals surface area contributed by atoms with Crippen LogP contribution in [0.25, 0.3) is 0 Å². The zero-order chi connectivity index (χ0) is 12.2. The van der Waals surface area contributed by atoms with Gasteiger partial charge in [0.1, 0.15) is 0 Å². The minimum absolute atomic E-state index is 0.219. The quantitative estimate of drug-likeness (QED) is 0.602. The normalized spacial score (nSPS) is 11.6. The Labute approximate surface area is 98.5 Å². The lowest BCUT2D eigenvalue weighted by atomic mass is 10.1. The Morgan fingerprint density at radius 3 is 2.50 bits per heavy atom. The summed E-state index contributed by atoms with van der Waals surface area (Å²) in [6, 6.07) is 3.73. The molecule has 0 N–H and O–H groups in total. The molecule has 0 unspecified atom stereocenters. The van der Waals surface area contributed by atoms with Crippen molar-refractivity contribution in [3.8, 4) is 5.75 Å². The number of para-hydroxylation sites is 1. The maximum absolute atomic E-state index is 13.2. The van der Waals surface area contributed by atoms with Crippen LogP contribution in [0.15, 0.2) is 18.2 Å². The molecule has 16 heavy (non-hydrogen) atoms. The fourth-order valence-electron chi connectivity index (χ4n) is 1.24. The third-order valence-electron chi connectivity index (χ3n) is 1.85. The van der Waals surface area contributed by atoms with Crippen molar-refractivity contribution in [2.75, 3.05) is 5.33 Å². The maximum Gasteiger partial charge on any atom is 0.573 e. The molecule has 90 valence electrons. The van der Waals surface area contributed by atoms with Gasteiger partial charge in [0.2, 0.25) is 0 Å². The van der Waals surface area contributed by atoms with E-state index in [9.17, 15) is 17.6 Å². The monoisotopic (exact) mass is 300 g/mol. The predicted molar refractivity (Wildman–Crippen MR) is 55.2 cm³/mol. The second kappa shape index (κ2) is 5.52. The summed E-state index contributed by atoms with van der Waals surface area (Å²) in [5.41, 5.74) is 0.219. The lowest BCUT2D eigenvalue weighted by Gasteiger charge is -2.13. The third kappa shape index (κ3) is 4.00. The molecule has 0 saturated heterocycles. The van der Waals surface area contributed by atoms with Gasteiger partial charge in [-0.2, -0.15) is 0 Å². The van der Waals surface area contributed by atoms with Crippen LogP contribution in [-0.2, 0) is 6.42 Å². The van der Waals surface area contributed by atoms with Crippen LogP contribution >= 0.6 is 15.9 Å². The van der Waals surface area contributed by atoms with Gasteiger partial charge in [0.25, 0.3) is 0 Å². The zero-order valence-corrected chi connectivity index (χ0v) is 9.74. The van der Waals surface area contributed by atoms with Gasteiger partial charge in [-0.25, -0.2) is 4.39 Å². The van der Waals surface area contributed by atoms with E-state index < -0.39 is 17.9 Å². The van der Waals surface area contributed by atoms with Crippen LogP contribution in [0, 0.1) is 5.82 Å². The molecule has 1 aromatic rings. The summed E-state index contributed by atoms with van der Waals surface area (Å²) < 4.78 is 52.9. The van der Waals surface area contributed by atoms with Crippen molar-refractivity contribution in [1.29, 1.82) is 0 Å². The van der Waals surface area contributed by atoms with Crippen LogP contribution in [0.3, 0.4) is 0 Å². The summed E-state index contributed by atoms with van der Waals surface area (Å²) in [5.74, 6) is -1.72. The van der Waals surface area contributed by atoms with E-state index in [1.54, 1.807) is 0 Å². The fourth-order valence-corrected chi connectivity index (χ4v) is 1.52. The Morgan fingerprint density at radius 2 is 1.94 bits per heavy atom. The summed E-state index contributed by atoms with van der Waals surface area (Å²) >= 11 is 3.15. The Balaban J connectivity index is 2.94. The van der Waals surface area contributed by atoms with E-state index in [0.29, 0.717) is 18.2 Å². The SMILES string of the molecule is Fc1cccc(CCCBr)c1OC(F)(F)F. The summed E-state index contributed by atoms with van der Waals surface area (Å²) in [6.45, 7) is 0. The molecule has 0 fully saturated rings. The van der Waals surface area contributed by atoms with Crippen LogP contribution in [0.2, 0.25) is 0 Å². The van der Waals surface area contributed by atoms with E-state index >= 15 is 0 Å². The molecule has 0 aliphatic rings. The first-order chi connectivity index (χ1) is 7.44. The van der Waals surface area contributed by atoms with E-state index in [1.165, 1.54) is 12.1 Å². The maximum atomic E-state index is 13.2. The topological polar surface area (TPSA) is 9.23 Å². The average Bonchev–Trinajstić information content (AvgIpc) is 2.17. The minimum atomic E-state index is -4.87. The van der Waals surface area contributed by atoms with Crippen molar-refractivity contribution in [3.05, 3.63) is 29.6 Å². The van der Waals surface area contributed by atoms with Gasteiger partial charge in [0.05, 0.1) is 0 Å². The molecular formula is C10H9BrF4O. The molecule has 1 rings (SSSR count). The molecule has 0 saturated carbocycles. The van der Waals surface area contributed by atoms with E-state index in [2.05, 4.69) is 20.7 Å². The Hall–Kier alpha value is -0.780. The highest BCUT2D eigenvalue weighted by molar-refractivity contribution is 9.09. The lowest BCUT2D eigenvalue weighted by molar-refractivity contribution is -0.275. The van der Waals surface area contributed by atoms with Gasteiger partial charge in [0.15, 0.2) is 11.6 Å². The minimum Gasteiger partial charge on any atom is -0.402 e. The molecule has 0 amide bonds. The van der Waals surface area contributed by atoms with Crippen molar-refractivity contribution < 1.29 is 22.3 Å². The highest BCUT2D eigenvalue weighted by atomic mass is 79.9. The van der Waals surface area contributed by atoms with Gasteiger partial charge in [-0.05, 0) is 24.5 Å². The standard InChI is InChI=1S/C10H9BrF4O/c11-6-2-4-7-3-1-5-8(12)9(7)16-10(13,14)15/h1,3,5H,2,4,6H2. The van der Waals surface area contributed by atoms with Crippen molar-refractivity contribution in [2.45, 2.75) is 19.2 Å². The van der Waals surface area contributed by atoms with Crippen LogP contribution in [-0.4, -0.2) is 11.7 Å². The summed E-state index contributed by atoms with van der Waals surface area (Å²) in [6.07, 6.45) is -3.93. The Kier molecular flexibility index (Phi) is 4.58. The van der Waals surface area contributed by atoms with Gasteiger partial charge in [-0.1, -0.05) is 28.1 Å². The Morgan fingerprint density at radius 1 is 1.25 bits per heavy atom. The van der Waals surface area contributed by atoms with Crippen LogP contribution in [0.5, 0.6) is 5.75 Å². The molecule has 0 spiro atoms. The molecule has 0 atom stereocenters. The molecule has 0 bridgehead atoms. The number of halogens is 5. The summed E-state index contributed by atoms with van der Waals surface area (Å²) in [4.78, 5) is 0. The first kappa shape index (κ1) is 13.3. The third-order valence-corrected chi connectivity index (χ3v) is 2.41. The lowest BCUT2D eigenvalue weighted by Crippen LogP contribution is -2.19. The number of aryl methyl sites for hydroxylation is 1. The van der Waals surface area contributed by atoms with E-state index in [1.807, 2.05) is 0 Å². The highest BCUT2D eigenvalue weighted by Crippen LogP contribution is 2.30. The first-order valence-corrected chi connectivity index (χ1v) is 5.65. The summed E-state index contributed by atoms with van der Waals surface area (Å²) in [7, 11) is 0. The van der Waals surface area contributed by atoms with Crippen LogP contribution in [0.4, 0.5) is 17.6 Å². The second-order valence-corrected chi connectivity index (χ2v) is 3.86. The number of rotatable bonds is 4. The van der Waals surface area contributed by atoms with Gasteiger partial charge in [0, 0.05) is 5.33 Å². The molecule has 0 radical (unpaired) electrons. The zero-order valence-electron chi connectivity index (χ0n) is 8.15. The van der Waals surface area contributed by atoms with Crippen molar-refractivity contribution in [2.24, 2.45) is 0 Å². The second-order valence-electron chi connectivity index (χ2n) is 3.07. The Bertz CT molecular complexity index is 351. The fraction of sp³-hybridized carbons (Fsp3) is 0.400. The number of benzene rings is 1. The molecule has 6 heteroatoms. The van der Waals surface area contributed by atoms with Gasteiger partial charge in [-0.15, -0.1) is 13.2 Å². The number of alkyl halides is 4. The van der Waals surface area contributed by atoms with E-state index in [4.69, 9.17) is 0 Å². The largest absolute Gasteiger partial charge is 0.573 e. The van der Waals surface area contributed by atoms with Crippen molar-refractivity contribution in [1.82, 2.24) is 0 Å². The number of hydrogen-bond acceptors (Lipinski definition) is 1. The molecule has 0 heterocycles. The molecule has 0 aromatic heterocycles. The van der Waals surface area contributed by atoms with Crippen LogP contribution in [0.1, 0.15) is 12.0 Å². The molecule has 0 aliphatic carbocycles. The van der Waals surface area contributed by atoms with Gasteiger partial charge >= 0.3 is 6.36 Å².